The summed E-state index contributed by atoms with van der Waals surface area (Å²) in [7, 11) is 0. The molecular weight excluding hydrogens is 232 g/mol. The molecule has 1 aliphatic heterocycles. The standard InChI is InChI=1S/C13H14N2O3/c1-9(16)15-6-4-12(17)11(8-15)13(18)10-3-2-5-14-7-10/h2-3,5,7,11H,4,6,8H2,1H3. The number of amides is 1. The van der Waals surface area contributed by atoms with E-state index in [1.54, 1.807) is 23.2 Å². The van der Waals surface area contributed by atoms with E-state index in [0.29, 0.717) is 12.1 Å². The molecular formula is C13H14N2O3. The Hall–Kier alpha value is -2.04. The van der Waals surface area contributed by atoms with Gasteiger partial charge in [-0.25, -0.2) is 0 Å². The van der Waals surface area contributed by atoms with Gasteiger partial charge < -0.3 is 4.90 Å². The molecule has 0 radical (unpaired) electrons. The average molecular weight is 246 g/mol. The molecule has 2 heterocycles. The van der Waals surface area contributed by atoms with Gasteiger partial charge in [0.15, 0.2) is 5.78 Å². The van der Waals surface area contributed by atoms with Crippen molar-refractivity contribution in [3.05, 3.63) is 30.1 Å². The number of aromatic nitrogens is 1. The van der Waals surface area contributed by atoms with Gasteiger partial charge in [-0.3, -0.25) is 19.4 Å². The lowest BCUT2D eigenvalue weighted by atomic mass is 9.89. The molecule has 18 heavy (non-hydrogen) atoms. The summed E-state index contributed by atoms with van der Waals surface area (Å²) in [4.78, 5) is 40.7. The number of carbonyl (C=O) groups is 3. The van der Waals surface area contributed by atoms with Crippen LogP contribution < -0.4 is 0 Å². The van der Waals surface area contributed by atoms with Crippen molar-refractivity contribution in [2.24, 2.45) is 5.92 Å². The first-order valence-electron chi connectivity index (χ1n) is 5.82. The maximum absolute atomic E-state index is 12.2. The molecule has 0 spiro atoms. The number of pyridine rings is 1. The van der Waals surface area contributed by atoms with Gasteiger partial charge in [-0.1, -0.05) is 0 Å². The minimum absolute atomic E-state index is 0.0960. The fourth-order valence-corrected chi connectivity index (χ4v) is 2.06. The van der Waals surface area contributed by atoms with Gasteiger partial charge in [0.05, 0.1) is 5.92 Å². The third-order valence-corrected chi connectivity index (χ3v) is 3.13. The maximum atomic E-state index is 12.2. The molecule has 0 N–H and O–H groups in total. The first kappa shape index (κ1) is 12.4. The molecule has 94 valence electrons. The van der Waals surface area contributed by atoms with Crippen LogP contribution in [0.4, 0.5) is 0 Å². The number of rotatable bonds is 2. The van der Waals surface area contributed by atoms with Crippen molar-refractivity contribution in [2.45, 2.75) is 13.3 Å². The van der Waals surface area contributed by atoms with Crippen LogP contribution >= 0.6 is 0 Å². The normalized spacial score (nSPS) is 19.7. The molecule has 1 aromatic heterocycles. The van der Waals surface area contributed by atoms with E-state index < -0.39 is 5.92 Å². The molecule has 1 aliphatic rings. The molecule has 1 unspecified atom stereocenters. The second kappa shape index (κ2) is 5.08. The van der Waals surface area contributed by atoms with E-state index >= 15 is 0 Å². The van der Waals surface area contributed by atoms with Crippen LogP contribution in [0, 0.1) is 5.92 Å². The summed E-state index contributed by atoms with van der Waals surface area (Å²) in [5.41, 5.74) is 0.418. The largest absolute Gasteiger partial charge is 0.341 e. The van der Waals surface area contributed by atoms with Crippen LogP contribution in [0.25, 0.3) is 0 Å². The molecule has 1 fully saturated rings. The minimum atomic E-state index is -0.744. The minimum Gasteiger partial charge on any atom is -0.341 e. The Morgan fingerprint density at radius 1 is 1.44 bits per heavy atom. The van der Waals surface area contributed by atoms with Crippen LogP contribution in [0.3, 0.4) is 0 Å². The van der Waals surface area contributed by atoms with Crippen molar-refractivity contribution in [2.75, 3.05) is 13.1 Å². The summed E-state index contributed by atoms with van der Waals surface area (Å²) < 4.78 is 0. The van der Waals surface area contributed by atoms with Gasteiger partial charge in [0.25, 0.3) is 0 Å². The number of likely N-dealkylation sites (tertiary alicyclic amines) is 1. The van der Waals surface area contributed by atoms with Gasteiger partial charge in [0.1, 0.15) is 5.78 Å². The van der Waals surface area contributed by atoms with Crippen molar-refractivity contribution in [1.29, 1.82) is 0 Å². The van der Waals surface area contributed by atoms with Crippen molar-refractivity contribution < 1.29 is 14.4 Å². The Kier molecular flexibility index (Phi) is 3.50. The highest BCUT2D eigenvalue weighted by Crippen LogP contribution is 2.17. The first-order chi connectivity index (χ1) is 8.59. The zero-order chi connectivity index (χ0) is 13.1. The van der Waals surface area contributed by atoms with E-state index in [9.17, 15) is 14.4 Å². The van der Waals surface area contributed by atoms with Gasteiger partial charge >= 0.3 is 0 Å². The van der Waals surface area contributed by atoms with Gasteiger partial charge in [-0.2, -0.15) is 0 Å². The fourth-order valence-electron chi connectivity index (χ4n) is 2.06. The van der Waals surface area contributed by atoms with Gasteiger partial charge in [0.2, 0.25) is 5.91 Å². The van der Waals surface area contributed by atoms with Crippen molar-refractivity contribution in [3.63, 3.8) is 0 Å². The van der Waals surface area contributed by atoms with Gasteiger partial charge in [-0.05, 0) is 12.1 Å². The lowest BCUT2D eigenvalue weighted by Crippen LogP contribution is -2.46. The molecule has 1 aromatic rings. The second-order valence-corrected chi connectivity index (χ2v) is 4.34. The molecule has 1 atom stereocenters. The Bertz CT molecular complexity index is 484. The molecule has 0 saturated carbocycles. The predicted octanol–water partition coefficient (Wildman–Crippen LogP) is 0.702. The van der Waals surface area contributed by atoms with Gasteiger partial charge in [-0.15, -0.1) is 0 Å². The number of carbonyl (C=O) groups excluding carboxylic acids is 3. The van der Waals surface area contributed by atoms with Crippen LogP contribution in [-0.2, 0) is 9.59 Å². The van der Waals surface area contributed by atoms with Crippen LogP contribution in [-0.4, -0.2) is 40.4 Å². The molecule has 1 amide bonds. The zero-order valence-corrected chi connectivity index (χ0v) is 10.1. The topological polar surface area (TPSA) is 67.3 Å². The highest BCUT2D eigenvalue weighted by Gasteiger charge is 2.34. The lowest BCUT2D eigenvalue weighted by Gasteiger charge is -2.30. The van der Waals surface area contributed by atoms with Crippen LogP contribution in [0.5, 0.6) is 0 Å². The number of ketones is 2. The van der Waals surface area contributed by atoms with Crippen molar-refractivity contribution >= 4 is 17.5 Å². The molecule has 0 bridgehead atoms. The Morgan fingerprint density at radius 2 is 2.22 bits per heavy atom. The Morgan fingerprint density at radius 3 is 2.83 bits per heavy atom. The average Bonchev–Trinajstić information content (AvgIpc) is 2.39. The quantitative estimate of drug-likeness (QED) is 0.569. The third kappa shape index (κ3) is 2.45. The Labute approximate surface area is 105 Å². The summed E-state index contributed by atoms with van der Waals surface area (Å²) in [6, 6.07) is 3.29. The van der Waals surface area contributed by atoms with Crippen LogP contribution in [0.2, 0.25) is 0 Å². The first-order valence-corrected chi connectivity index (χ1v) is 5.82. The monoisotopic (exact) mass is 246 g/mol. The van der Waals surface area contributed by atoms with E-state index in [1.807, 2.05) is 0 Å². The second-order valence-electron chi connectivity index (χ2n) is 4.34. The van der Waals surface area contributed by atoms with E-state index in [0.717, 1.165) is 0 Å². The number of nitrogens with zero attached hydrogens (tertiary/aromatic N) is 2. The van der Waals surface area contributed by atoms with E-state index in [2.05, 4.69) is 4.98 Å². The SMILES string of the molecule is CC(=O)N1CCC(=O)C(C(=O)c2cccnc2)C1. The number of hydrogen-bond donors (Lipinski definition) is 0. The lowest BCUT2D eigenvalue weighted by molar-refractivity contribution is -0.134. The number of hydrogen-bond acceptors (Lipinski definition) is 4. The molecule has 5 heteroatoms. The van der Waals surface area contributed by atoms with Crippen molar-refractivity contribution in [1.82, 2.24) is 9.88 Å². The summed E-state index contributed by atoms with van der Waals surface area (Å²) >= 11 is 0. The molecule has 0 aromatic carbocycles. The highest BCUT2D eigenvalue weighted by atomic mass is 16.2. The molecule has 1 saturated heterocycles. The predicted molar refractivity (Wildman–Crippen MR) is 63.9 cm³/mol. The number of Topliss-reactive ketones (excluding diaryl/α,β-unsaturated/α-hetero) is 2. The fraction of sp³-hybridized carbons (Fsp3) is 0.385. The maximum Gasteiger partial charge on any atom is 0.219 e. The highest BCUT2D eigenvalue weighted by molar-refractivity contribution is 6.11. The summed E-state index contributed by atoms with van der Waals surface area (Å²) in [6.07, 6.45) is 3.26. The van der Waals surface area contributed by atoms with E-state index in [1.165, 1.54) is 13.1 Å². The Balaban J connectivity index is 2.18. The van der Waals surface area contributed by atoms with Crippen LogP contribution in [0.1, 0.15) is 23.7 Å². The summed E-state index contributed by atoms with van der Waals surface area (Å²) in [5.74, 6) is -1.20. The van der Waals surface area contributed by atoms with E-state index in [-0.39, 0.29) is 30.4 Å². The summed E-state index contributed by atoms with van der Waals surface area (Å²) in [5, 5.41) is 0. The zero-order valence-electron chi connectivity index (χ0n) is 10.1. The number of piperidine rings is 1. The van der Waals surface area contributed by atoms with Gasteiger partial charge in [0, 0.05) is 44.4 Å². The molecule has 5 nitrogen and oxygen atoms in total. The smallest absolute Gasteiger partial charge is 0.219 e. The molecule has 0 aliphatic carbocycles. The third-order valence-electron chi connectivity index (χ3n) is 3.13. The molecule has 2 rings (SSSR count). The van der Waals surface area contributed by atoms with Crippen molar-refractivity contribution in [3.8, 4) is 0 Å². The summed E-state index contributed by atoms with van der Waals surface area (Å²) in [6.45, 7) is 2.04. The van der Waals surface area contributed by atoms with E-state index in [4.69, 9.17) is 0 Å². The van der Waals surface area contributed by atoms with Crippen LogP contribution in [0.15, 0.2) is 24.5 Å².